The van der Waals surface area contributed by atoms with E-state index in [4.69, 9.17) is 34.8 Å². The summed E-state index contributed by atoms with van der Waals surface area (Å²) in [7, 11) is 0. The van der Waals surface area contributed by atoms with Gasteiger partial charge in [0.15, 0.2) is 0 Å². The fourth-order valence-corrected chi connectivity index (χ4v) is 3.17. The SMILES string of the molecule is CCSc1cccc(Nc2cc(Cl)c(Cl)cc2Cl)c1C#N. The molecule has 2 rings (SSSR count). The highest BCUT2D eigenvalue weighted by Crippen LogP contribution is 2.36. The second kappa shape index (κ2) is 7.29. The minimum atomic E-state index is 0.392. The van der Waals surface area contributed by atoms with Gasteiger partial charge in [-0.05, 0) is 30.0 Å². The molecular weight excluding hydrogens is 347 g/mol. The lowest BCUT2D eigenvalue weighted by Crippen LogP contribution is -1.96. The van der Waals surface area contributed by atoms with Crippen molar-refractivity contribution in [3.63, 3.8) is 0 Å². The first-order chi connectivity index (χ1) is 10.1. The molecule has 0 amide bonds. The number of halogens is 3. The average molecular weight is 358 g/mol. The maximum absolute atomic E-state index is 9.39. The first kappa shape index (κ1) is 16.3. The summed E-state index contributed by atoms with van der Waals surface area (Å²) < 4.78 is 0. The number of hydrogen-bond donors (Lipinski definition) is 1. The van der Waals surface area contributed by atoms with Gasteiger partial charge >= 0.3 is 0 Å². The normalized spacial score (nSPS) is 10.2. The molecule has 6 heteroatoms. The van der Waals surface area contributed by atoms with Crippen LogP contribution in [0.4, 0.5) is 11.4 Å². The highest BCUT2D eigenvalue weighted by molar-refractivity contribution is 7.99. The molecule has 2 aromatic rings. The van der Waals surface area contributed by atoms with Crippen LogP contribution in [0, 0.1) is 11.3 Å². The number of nitrogens with zero attached hydrogens (tertiary/aromatic N) is 1. The van der Waals surface area contributed by atoms with Crippen LogP contribution in [-0.2, 0) is 0 Å². The van der Waals surface area contributed by atoms with Crippen molar-refractivity contribution in [2.75, 3.05) is 11.1 Å². The largest absolute Gasteiger partial charge is 0.353 e. The summed E-state index contributed by atoms with van der Waals surface area (Å²) in [5, 5.41) is 13.8. The molecule has 0 atom stereocenters. The van der Waals surface area contributed by atoms with Crippen molar-refractivity contribution in [1.82, 2.24) is 0 Å². The zero-order valence-corrected chi connectivity index (χ0v) is 14.2. The second-order valence-corrected chi connectivity index (χ2v) is 6.62. The van der Waals surface area contributed by atoms with Crippen molar-refractivity contribution in [1.29, 1.82) is 5.26 Å². The quantitative estimate of drug-likeness (QED) is 0.510. The van der Waals surface area contributed by atoms with Gasteiger partial charge in [-0.25, -0.2) is 0 Å². The highest BCUT2D eigenvalue weighted by Gasteiger charge is 2.11. The standard InChI is InChI=1S/C15H11Cl3N2S/c1-2-21-15-5-3-4-13(9(15)8-19)20-14-7-11(17)10(16)6-12(14)18/h3-7,20H,2H2,1H3. The van der Waals surface area contributed by atoms with Gasteiger partial charge in [-0.3, -0.25) is 0 Å². The molecule has 0 aliphatic heterocycles. The van der Waals surface area contributed by atoms with Crippen LogP contribution >= 0.6 is 46.6 Å². The molecule has 0 fully saturated rings. The number of benzene rings is 2. The Labute approximate surface area is 143 Å². The molecule has 0 heterocycles. The number of hydrogen-bond acceptors (Lipinski definition) is 3. The van der Waals surface area contributed by atoms with Gasteiger partial charge in [-0.15, -0.1) is 11.8 Å². The smallest absolute Gasteiger partial charge is 0.103 e. The lowest BCUT2D eigenvalue weighted by molar-refractivity contribution is 1.34. The average Bonchev–Trinajstić information content (AvgIpc) is 2.45. The van der Waals surface area contributed by atoms with Gasteiger partial charge in [-0.1, -0.05) is 47.8 Å². The van der Waals surface area contributed by atoms with Crippen molar-refractivity contribution in [3.8, 4) is 6.07 Å². The molecule has 0 bridgehead atoms. The van der Waals surface area contributed by atoms with Gasteiger partial charge in [0, 0.05) is 4.90 Å². The van der Waals surface area contributed by atoms with Crippen LogP contribution in [-0.4, -0.2) is 5.75 Å². The minimum Gasteiger partial charge on any atom is -0.353 e. The molecule has 1 N–H and O–H groups in total. The van der Waals surface area contributed by atoms with Crippen LogP contribution in [0.15, 0.2) is 35.2 Å². The molecule has 0 aromatic heterocycles. The Hall–Kier alpha value is -1.05. The second-order valence-electron chi connectivity index (χ2n) is 4.09. The number of rotatable bonds is 4. The Morgan fingerprint density at radius 3 is 2.48 bits per heavy atom. The van der Waals surface area contributed by atoms with Crippen molar-refractivity contribution >= 4 is 57.9 Å². The lowest BCUT2D eigenvalue weighted by Gasteiger charge is -2.13. The van der Waals surface area contributed by atoms with Crippen LogP contribution in [0.1, 0.15) is 12.5 Å². The van der Waals surface area contributed by atoms with Gasteiger partial charge in [0.05, 0.1) is 32.0 Å². The summed E-state index contributed by atoms with van der Waals surface area (Å²) in [5.74, 6) is 0.895. The third kappa shape index (κ3) is 3.78. The van der Waals surface area contributed by atoms with Crippen LogP contribution in [0.5, 0.6) is 0 Å². The van der Waals surface area contributed by atoms with E-state index in [1.807, 2.05) is 25.1 Å². The molecule has 0 aliphatic carbocycles. The maximum Gasteiger partial charge on any atom is 0.103 e. The predicted octanol–water partition coefficient (Wildman–Crippen LogP) is 6.37. The van der Waals surface area contributed by atoms with Crippen LogP contribution in [0.25, 0.3) is 0 Å². The van der Waals surface area contributed by atoms with E-state index in [2.05, 4.69) is 11.4 Å². The first-order valence-corrected chi connectivity index (χ1v) is 8.26. The predicted molar refractivity (Wildman–Crippen MR) is 92.3 cm³/mol. The molecule has 2 aromatic carbocycles. The number of nitriles is 1. The maximum atomic E-state index is 9.39. The highest BCUT2D eigenvalue weighted by atomic mass is 35.5. The molecule has 0 saturated carbocycles. The molecule has 2 nitrogen and oxygen atoms in total. The van der Waals surface area contributed by atoms with Gasteiger partial charge in [0.1, 0.15) is 6.07 Å². The molecule has 0 aliphatic rings. The van der Waals surface area contributed by atoms with Gasteiger partial charge in [0.2, 0.25) is 0 Å². The van der Waals surface area contributed by atoms with E-state index in [-0.39, 0.29) is 0 Å². The third-order valence-corrected chi connectivity index (χ3v) is 4.69. The summed E-state index contributed by atoms with van der Waals surface area (Å²) >= 11 is 19.7. The van der Waals surface area contributed by atoms with Crippen molar-refractivity contribution in [3.05, 3.63) is 51.0 Å². The Morgan fingerprint density at radius 1 is 1.10 bits per heavy atom. The van der Waals surface area contributed by atoms with E-state index in [1.165, 1.54) is 0 Å². The van der Waals surface area contributed by atoms with E-state index in [0.29, 0.717) is 32.0 Å². The fraction of sp³-hybridized carbons (Fsp3) is 0.133. The van der Waals surface area contributed by atoms with Crippen LogP contribution in [0.3, 0.4) is 0 Å². The molecule has 0 unspecified atom stereocenters. The number of anilines is 2. The Kier molecular flexibility index (Phi) is 5.66. The number of nitrogens with one attached hydrogen (secondary N) is 1. The molecule has 0 saturated heterocycles. The molecule has 0 spiro atoms. The Morgan fingerprint density at radius 2 is 1.81 bits per heavy atom. The van der Waals surface area contributed by atoms with Crippen molar-refractivity contribution < 1.29 is 0 Å². The van der Waals surface area contributed by atoms with E-state index in [1.54, 1.807) is 23.9 Å². The van der Waals surface area contributed by atoms with Gasteiger partial charge in [0.25, 0.3) is 0 Å². The molecule has 0 radical (unpaired) electrons. The topological polar surface area (TPSA) is 35.8 Å². The van der Waals surface area contributed by atoms with Gasteiger partial charge in [-0.2, -0.15) is 5.26 Å². The fourth-order valence-electron chi connectivity index (χ4n) is 1.79. The minimum absolute atomic E-state index is 0.392. The van der Waals surface area contributed by atoms with E-state index >= 15 is 0 Å². The molecule has 108 valence electrons. The zero-order chi connectivity index (χ0) is 15.4. The monoisotopic (exact) mass is 356 g/mol. The summed E-state index contributed by atoms with van der Waals surface area (Å²) in [6, 6.07) is 11.1. The van der Waals surface area contributed by atoms with E-state index in [9.17, 15) is 5.26 Å². The Balaban J connectivity index is 2.43. The zero-order valence-electron chi connectivity index (χ0n) is 11.1. The van der Waals surface area contributed by atoms with E-state index in [0.717, 1.165) is 10.6 Å². The molecular formula is C15H11Cl3N2S. The lowest BCUT2D eigenvalue weighted by atomic mass is 10.2. The van der Waals surface area contributed by atoms with Crippen LogP contribution < -0.4 is 5.32 Å². The van der Waals surface area contributed by atoms with Crippen LogP contribution in [0.2, 0.25) is 15.1 Å². The summed E-state index contributed by atoms with van der Waals surface area (Å²) in [5.41, 5.74) is 1.89. The summed E-state index contributed by atoms with van der Waals surface area (Å²) in [6.07, 6.45) is 0. The van der Waals surface area contributed by atoms with Crippen molar-refractivity contribution in [2.24, 2.45) is 0 Å². The van der Waals surface area contributed by atoms with Gasteiger partial charge < -0.3 is 5.32 Å². The van der Waals surface area contributed by atoms with E-state index < -0.39 is 0 Å². The third-order valence-electron chi connectivity index (χ3n) is 2.72. The summed E-state index contributed by atoms with van der Waals surface area (Å²) in [4.78, 5) is 0.932. The summed E-state index contributed by atoms with van der Waals surface area (Å²) in [6.45, 7) is 2.04. The van der Waals surface area contributed by atoms with Crippen molar-refractivity contribution in [2.45, 2.75) is 11.8 Å². The Bertz CT molecular complexity index is 711. The first-order valence-electron chi connectivity index (χ1n) is 6.14. The number of thioether (sulfide) groups is 1. The molecule has 21 heavy (non-hydrogen) atoms.